The fourth-order valence-electron chi connectivity index (χ4n) is 5.25. The summed E-state index contributed by atoms with van der Waals surface area (Å²) in [6.45, 7) is 0.778. The van der Waals surface area contributed by atoms with Crippen LogP contribution in [-0.4, -0.2) is 33.3 Å². The number of aliphatic hydroxyl groups excluding tert-OH is 1. The van der Waals surface area contributed by atoms with Crippen LogP contribution in [0.1, 0.15) is 37.4 Å². The number of aliphatic hydroxyl groups is 1. The minimum atomic E-state index is -0.987. The monoisotopic (exact) mass is 398 g/mol. The molecule has 0 bridgehead atoms. The summed E-state index contributed by atoms with van der Waals surface area (Å²) in [5.41, 5.74) is 7.98. The minimum absolute atomic E-state index is 0.0322. The van der Waals surface area contributed by atoms with Crippen molar-refractivity contribution < 1.29 is 19.8 Å². The molecule has 0 fully saturated rings. The van der Waals surface area contributed by atoms with E-state index in [2.05, 4.69) is 22.0 Å². The van der Waals surface area contributed by atoms with E-state index in [1.54, 1.807) is 18.2 Å². The van der Waals surface area contributed by atoms with Gasteiger partial charge in [-0.2, -0.15) is 0 Å². The first-order valence-electron chi connectivity index (χ1n) is 9.94. The summed E-state index contributed by atoms with van der Waals surface area (Å²) in [6.07, 6.45) is 0.704. The number of carboxylic acid groups (broad SMARTS) is 1. The number of nitrogens with one attached hydrogen (secondary N) is 1. The molecule has 0 spiro atoms. The molecule has 0 unspecified atom stereocenters. The van der Waals surface area contributed by atoms with E-state index < -0.39 is 5.97 Å². The summed E-state index contributed by atoms with van der Waals surface area (Å²) < 4.78 is 2.07. The zero-order valence-electron chi connectivity index (χ0n) is 16.0. The Morgan fingerprint density at radius 3 is 2.73 bits per heavy atom. The van der Waals surface area contributed by atoms with Crippen molar-refractivity contribution in [2.45, 2.75) is 19.5 Å². The van der Waals surface area contributed by atoms with Crippen molar-refractivity contribution in [3.63, 3.8) is 0 Å². The van der Waals surface area contributed by atoms with E-state index in [4.69, 9.17) is 0 Å². The van der Waals surface area contributed by atoms with Crippen molar-refractivity contribution in [1.82, 2.24) is 9.88 Å². The van der Waals surface area contributed by atoms with Gasteiger partial charge in [0.05, 0.1) is 23.3 Å². The minimum Gasteiger partial charge on any atom is -0.478 e. The normalized spacial score (nSPS) is 14.1. The van der Waals surface area contributed by atoms with Crippen molar-refractivity contribution in [2.75, 3.05) is 6.61 Å². The first-order valence-corrected chi connectivity index (χ1v) is 9.94. The Hall–Kier alpha value is -3.64. The molecule has 1 aliphatic heterocycles. The van der Waals surface area contributed by atoms with Gasteiger partial charge in [-0.3, -0.25) is 4.79 Å². The topological polar surface area (TPSA) is 91.6 Å². The number of hydrogen-bond donors (Lipinski definition) is 3. The summed E-state index contributed by atoms with van der Waals surface area (Å²) in [5.74, 6) is -1.07. The van der Waals surface area contributed by atoms with Crippen LogP contribution in [0.4, 0.5) is 0 Å². The van der Waals surface area contributed by atoms with Crippen molar-refractivity contribution in [3.05, 3.63) is 70.3 Å². The Bertz CT molecular complexity index is 1430. The van der Waals surface area contributed by atoms with Crippen molar-refractivity contribution >= 4 is 33.7 Å². The van der Waals surface area contributed by atoms with Crippen LogP contribution in [0, 0.1) is 0 Å². The number of carbonyl (C=O) groups is 2. The maximum atomic E-state index is 12.9. The van der Waals surface area contributed by atoms with Gasteiger partial charge in [-0.15, -0.1) is 0 Å². The molecule has 2 aliphatic rings. The third-order valence-corrected chi connectivity index (χ3v) is 6.38. The number of rotatable bonds is 3. The molecule has 0 radical (unpaired) electrons. The Morgan fingerprint density at radius 2 is 1.93 bits per heavy atom. The van der Waals surface area contributed by atoms with E-state index in [0.29, 0.717) is 25.1 Å². The van der Waals surface area contributed by atoms with Gasteiger partial charge in [0.15, 0.2) is 0 Å². The third-order valence-electron chi connectivity index (χ3n) is 6.38. The summed E-state index contributed by atoms with van der Waals surface area (Å²) in [4.78, 5) is 24.5. The first-order chi connectivity index (χ1) is 14.6. The van der Waals surface area contributed by atoms with Crippen LogP contribution in [-0.2, 0) is 19.5 Å². The molecule has 6 rings (SSSR count). The summed E-state index contributed by atoms with van der Waals surface area (Å²) in [6, 6.07) is 13.2. The zero-order chi connectivity index (χ0) is 20.6. The van der Waals surface area contributed by atoms with Gasteiger partial charge in [-0.05, 0) is 40.5 Å². The van der Waals surface area contributed by atoms with Crippen molar-refractivity contribution in [3.8, 4) is 11.1 Å². The van der Waals surface area contributed by atoms with Gasteiger partial charge >= 0.3 is 5.97 Å². The highest BCUT2D eigenvalue weighted by Gasteiger charge is 2.35. The fourth-order valence-corrected chi connectivity index (χ4v) is 5.25. The predicted molar refractivity (Wildman–Crippen MR) is 113 cm³/mol. The van der Waals surface area contributed by atoms with Crippen LogP contribution in [0.15, 0.2) is 42.5 Å². The second-order valence-electron chi connectivity index (χ2n) is 7.86. The number of amides is 1. The highest BCUT2D eigenvalue weighted by Crippen LogP contribution is 2.48. The van der Waals surface area contributed by atoms with Crippen LogP contribution in [0.5, 0.6) is 0 Å². The van der Waals surface area contributed by atoms with Gasteiger partial charge in [-0.25, -0.2) is 4.79 Å². The summed E-state index contributed by atoms with van der Waals surface area (Å²) in [5, 5.41) is 24.0. The standard InChI is InChI=1S/C24H18N2O4/c27-8-7-26-18-6-5-13(24(29)30)10-15(18)20-17-11-25-23(28)21(17)19-14-4-2-1-3-12(14)9-16(19)22(20)26/h1-6,10,27H,7-9,11H2,(H,25,28)(H,29,30). The number of aromatic nitrogens is 1. The van der Waals surface area contributed by atoms with E-state index in [-0.39, 0.29) is 18.1 Å². The molecule has 1 aromatic heterocycles. The van der Waals surface area contributed by atoms with E-state index in [1.807, 2.05) is 12.1 Å². The lowest BCUT2D eigenvalue weighted by Gasteiger charge is -2.13. The molecule has 3 aromatic carbocycles. The van der Waals surface area contributed by atoms with Gasteiger partial charge < -0.3 is 20.1 Å². The van der Waals surface area contributed by atoms with Gasteiger partial charge in [0.1, 0.15) is 0 Å². The molecule has 1 aliphatic carbocycles. The van der Waals surface area contributed by atoms with E-state index in [0.717, 1.165) is 44.1 Å². The van der Waals surface area contributed by atoms with Crippen LogP contribution in [0.2, 0.25) is 0 Å². The molecule has 6 heteroatoms. The molecule has 0 saturated heterocycles. The Morgan fingerprint density at radius 1 is 1.10 bits per heavy atom. The highest BCUT2D eigenvalue weighted by molar-refractivity contribution is 6.20. The second kappa shape index (κ2) is 5.93. The van der Waals surface area contributed by atoms with Crippen molar-refractivity contribution in [2.24, 2.45) is 0 Å². The SMILES string of the molecule is O=C(O)c1ccc2c(c1)c1c3c(c4c(c1n2CCO)Cc1ccccc1-4)C(=O)NC3. The fraction of sp³-hybridized carbons (Fsp3) is 0.167. The number of aromatic carboxylic acids is 1. The third kappa shape index (κ3) is 2.06. The molecule has 30 heavy (non-hydrogen) atoms. The van der Waals surface area contributed by atoms with Crippen LogP contribution < -0.4 is 5.32 Å². The van der Waals surface area contributed by atoms with Gasteiger partial charge in [0, 0.05) is 41.4 Å². The quantitative estimate of drug-likeness (QED) is 0.435. The van der Waals surface area contributed by atoms with Crippen LogP contribution in [0.3, 0.4) is 0 Å². The summed E-state index contributed by atoms with van der Waals surface area (Å²) in [7, 11) is 0. The molecule has 1 amide bonds. The first kappa shape index (κ1) is 17.2. The number of benzene rings is 3. The van der Waals surface area contributed by atoms with E-state index in [9.17, 15) is 19.8 Å². The maximum Gasteiger partial charge on any atom is 0.335 e. The Balaban J connectivity index is 1.85. The molecule has 4 aromatic rings. The number of carboxylic acids is 1. The average molecular weight is 398 g/mol. The lowest BCUT2D eigenvalue weighted by Crippen LogP contribution is -2.13. The predicted octanol–water partition coefficient (Wildman–Crippen LogP) is 3.30. The Kier molecular flexibility index (Phi) is 3.41. The lowest BCUT2D eigenvalue weighted by atomic mass is 9.92. The smallest absolute Gasteiger partial charge is 0.335 e. The molecule has 0 saturated carbocycles. The molecular weight excluding hydrogens is 380 g/mol. The maximum absolute atomic E-state index is 12.9. The molecule has 148 valence electrons. The highest BCUT2D eigenvalue weighted by atomic mass is 16.4. The molecule has 3 N–H and O–H groups in total. The number of hydrogen-bond acceptors (Lipinski definition) is 3. The number of carbonyl (C=O) groups excluding carboxylic acids is 1. The van der Waals surface area contributed by atoms with E-state index in [1.165, 1.54) is 5.56 Å². The number of nitrogens with zero attached hydrogens (tertiary/aromatic N) is 1. The molecular formula is C24H18N2O4. The number of fused-ring (bicyclic) bond motifs is 10. The summed E-state index contributed by atoms with van der Waals surface area (Å²) >= 11 is 0. The zero-order valence-corrected chi connectivity index (χ0v) is 16.0. The van der Waals surface area contributed by atoms with Gasteiger partial charge in [0.25, 0.3) is 5.91 Å². The van der Waals surface area contributed by atoms with Crippen LogP contribution in [0.25, 0.3) is 32.9 Å². The van der Waals surface area contributed by atoms with Gasteiger partial charge in [-0.1, -0.05) is 24.3 Å². The largest absolute Gasteiger partial charge is 0.478 e. The van der Waals surface area contributed by atoms with E-state index >= 15 is 0 Å². The molecule has 2 heterocycles. The van der Waals surface area contributed by atoms with Crippen molar-refractivity contribution in [1.29, 1.82) is 0 Å². The van der Waals surface area contributed by atoms with Gasteiger partial charge in [0.2, 0.25) is 0 Å². The second-order valence-corrected chi connectivity index (χ2v) is 7.86. The molecule has 0 atom stereocenters. The molecule has 6 nitrogen and oxygen atoms in total. The lowest BCUT2D eigenvalue weighted by molar-refractivity contribution is 0.0696. The van der Waals surface area contributed by atoms with Crippen LogP contribution >= 0.6 is 0 Å². The Labute approximate surface area is 171 Å². The average Bonchev–Trinajstić information content (AvgIpc) is 3.40.